The van der Waals surface area contributed by atoms with Crippen LogP contribution in [0.25, 0.3) is 0 Å². The van der Waals surface area contributed by atoms with Crippen LogP contribution in [-0.4, -0.2) is 23.6 Å². The van der Waals surface area contributed by atoms with E-state index in [2.05, 4.69) is 30.3 Å². The Balaban J connectivity index is 1.82. The molecule has 2 fully saturated rings. The standard InChI is InChI=1S/C24H30F3N3OS/c1-15-20(23(2,3)4)32-22(30(15)14-16-7-8-16)28-21(31)18-13-17(24(25,26)27)9-10-19(18)29-11-5-6-12-29/h9-10,13,16H,5-8,11-12,14H2,1-4H3. The van der Waals surface area contributed by atoms with E-state index in [4.69, 9.17) is 0 Å². The van der Waals surface area contributed by atoms with E-state index in [-0.39, 0.29) is 11.0 Å². The van der Waals surface area contributed by atoms with Gasteiger partial charge in [-0.05, 0) is 62.1 Å². The van der Waals surface area contributed by atoms with Crippen molar-refractivity contribution in [2.75, 3.05) is 18.0 Å². The first-order chi connectivity index (χ1) is 14.9. The minimum Gasteiger partial charge on any atom is -0.371 e. The minimum atomic E-state index is -4.51. The number of rotatable bonds is 4. The normalized spacial score (nSPS) is 18.0. The summed E-state index contributed by atoms with van der Waals surface area (Å²) in [6.45, 7) is 10.7. The first-order valence-electron chi connectivity index (χ1n) is 11.2. The van der Waals surface area contributed by atoms with Gasteiger partial charge < -0.3 is 9.47 Å². The van der Waals surface area contributed by atoms with Crippen LogP contribution in [-0.2, 0) is 18.1 Å². The van der Waals surface area contributed by atoms with Crippen LogP contribution in [0, 0.1) is 12.8 Å². The van der Waals surface area contributed by atoms with Gasteiger partial charge in [0.05, 0.1) is 11.1 Å². The molecule has 1 aromatic heterocycles. The van der Waals surface area contributed by atoms with Gasteiger partial charge in [0.25, 0.3) is 5.91 Å². The maximum Gasteiger partial charge on any atom is 0.416 e. The number of halogens is 3. The van der Waals surface area contributed by atoms with Crippen LogP contribution < -0.4 is 9.70 Å². The molecule has 1 saturated heterocycles. The maximum atomic E-state index is 13.4. The molecule has 2 aliphatic rings. The fraction of sp³-hybridized carbons (Fsp3) is 0.583. The minimum absolute atomic E-state index is 0.0306. The molecule has 2 aromatic rings. The Labute approximate surface area is 190 Å². The SMILES string of the molecule is Cc1c(C(C)(C)C)sc(=NC(=O)c2cc(C(F)(F)F)ccc2N2CCCC2)n1CC1CC1. The van der Waals surface area contributed by atoms with Crippen molar-refractivity contribution < 1.29 is 18.0 Å². The Kier molecular flexibility index (Phi) is 6.03. The molecule has 0 unspecified atom stereocenters. The van der Waals surface area contributed by atoms with E-state index in [1.807, 2.05) is 11.8 Å². The van der Waals surface area contributed by atoms with Gasteiger partial charge in [-0.3, -0.25) is 4.79 Å². The third kappa shape index (κ3) is 4.80. The molecule has 0 N–H and O–H groups in total. The number of alkyl halides is 3. The smallest absolute Gasteiger partial charge is 0.371 e. The van der Waals surface area contributed by atoms with Crippen LogP contribution in [0.5, 0.6) is 0 Å². The lowest BCUT2D eigenvalue weighted by Gasteiger charge is -2.21. The number of hydrogen-bond donors (Lipinski definition) is 0. The number of benzene rings is 1. The van der Waals surface area contributed by atoms with Crippen molar-refractivity contribution >= 4 is 22.9 Å². The van der Waals surface area contributed by atoms with E-state index >= 15 is 0 Å². The summed E-state index contributed by atoms with van der Waals surface area (Å²) < 4.78 is 42.3. The Hall–Kier alpha value is -2.09. The Morgan fingerprint density at radius 1 is 1.16 bits per heavy atom. The van der Waals surface area contributed by atoms with Crippen LogP contribution in [0.4, 0.5) is 18.9 Å². The predicted molar refractivity (Wildman–Crippen MR) is 121 cm³/mol. The van der Waals surface area contributed by atoms with E-state index in [1.165, 1.54) is 17.4 Å². The second kappa shape index (κ2) is 8.36. The van der Waals surface area contributed by atoms with Gasteiger partial charge in [0.15, 0.2) is 4.80 Å². The molecule has 1 aromatic carbocycles. The topological polar surface area (TPSA) is 37.6 Å². The number of amides is 1. The molecule has 2 heterocycles. The van der Waals surface area contributed by atoms with Gasteiger partial charge in [-0.25, -0.2) is 0 Å². The van der Waals surface area contributed by atoms with E-state index in [0.717, 1.165) is 68.0 Å². The van der Waals surface area contributed by atoms with Crippen molar-refractivity contribution in [1.82, 2.24) is 4.57 Å². The Morgan fingerprint density at radius 2 is 1.81 bits per heavy atom. The van der Waals surface area contributed by atoms with Crippen molar-refractivity contribution in [3.8, 4) is 0 Å². The molecular formula is C24H30F3N3OS. The van der Waals surface area contributed by atoms with Crippen LogP contribution in [0.2, 0.25) is 0 Å². The highest BCUT2D eigenvalue weighted by molar-refractivity contribution is 7.09. The zero-order valence-corrected chi connectivity index (χ0v) is 19.9. The molecule has 0 radical (unpaired) electrons. The molecule has 8 heteroatoms. The molecule has 32 heavy (non-hydrogen) atoms. The Morgan fingerprint density at radius 3 is 2.38 bits per heavy atom. The second-order valence-electron chi connectivity index (χ2n) is 9.94. The highest BCUT2D eigenvalue weighted by atomic mass is 32.1. The number of thiazole rings is 1. The molecule has 174 valence electrons. The number of carbonyl (C=O) groups excluding carboxylic acids is 1. The van der Waals surface area contributed by atoms with Crippen LogP contribution in [0.1, 0.15) is 72.9 Å². The number of hydrogen-bond acceptors (Lipinski definition) is 3. The monoisotopic (exact) mass is 465 g/mol. The van der Waals surface area contributed by atoms with E-state index < -0.39 is 17.6 Å². The molecule has 4 nitrogen and oxygen atoms in total. The van der Waals surface area contributed by atoms with Crippen molar-refractivity contribution in [3.05, 3.63) is 44.7 Å². The van der Waals surface area contributed by atoms with Gasteiger partial charge in [-0.15, -0.1) is 11.3 Å². The summed E-state index contributed by atoms with van der Waals surface area (Å²) >= 11 is 1.47. The van der Waals surface area contributed by atoms with Crippen molar-refractivity contribution in [2.45, 2.75) is 71.5 Å². The van der Waals surface area contributed by atoms with Crippen molar-refractivity contribution in [1.29, 1.82) is 0 Å². The van der Waals surface area contributed by atoms with Crippen LogP contribution >= 0.6 is 11.3 Å². The largest absolute Gasteiger partial charge is 0.416 e. The molecule has 4 rings (SSSR count). The third-order valence-corrected chi connectivity index (χ3v) is 7.78. The summed E-state index contributed by atoms with van der Waals surface area (Å²) in [7, 11) is 0. The van der Waals surface area contributed by atoms with Crippen LogP contribution in [0.3, 0.4) is 0 Å². The van der Waals surface area contributed by atoms with Gasteiger partial charge in [0.2, 0.25) is 0 Å². The first-order valence-corrected chi connectivity index (χ1v) is 12.0. The predicted octanol–water partition coefficient (Wildman–Crippen LogP) is 5.93. The van der Waals surface area contributed by atoms with Gasteiger partial charge in [-0.1, -0.05) is 20.8 Å². The summed E-state index contributed by atoms with van der Waals surface area (Å²) in [5.41, 5.74) is 0.742. The lowest BCUT2D eigenvalue weighted by atomic mass is 9.93. The first kappa shape index (κ1) is 23.1. The highest BCUT2D eigenvalue weighted by Gasteiger charge is 2.33. The molecular weight excluding hydrogens is 435 g/mol. The summed E-state index contributed by atoms with van der Waals surface area (Å²) in [4.78, 5) is 21.4. The van der Waals surface area contributed by atoms with E-state index in [9.17, 15) is 18.0 Å². The third-order valence-electron chi connectivity index (χ3n) is 6.17. The zero-order valence-electron chi connectivity index (χ0n) is 19.1. The van der Waals surface area contributed by atoms with E-state index in [0.29, 0.717) is 16.4 Å². The molecule has 0 spiro atoms. The zero-order chi connectivity index (χ0) is 23.3. The van der Waals surface area contributed by atoms with Gasteiger partial charge in [0.1, 0.15) is 0 Å². The van der Waals surface area contributed by atoms with E-state index in [1.54, 1.807) is 0 Å². The maximum absolute atomic E-state index is 13.4. The molecule has 1 saturated carbocycles. The number of aromatic nitrogens is 1. The lowest BCUT2D eigenvalue weighted by molar-refractivity contribution is -0.137. The summed E-state index contributed by atoms with van der Waals surface area (Å²) in [6, 6.07) is 3.45. The molecule has 0 atom stereocenters. The fourth-order valence-corrected chi connectivity index (χ4v) is 5.50. The quantitative estimate of drug-likeness (QED) is 0.562. The summed E-state index contributed by atoms with van der Waals surface area (Å²) in [5.74, 6) is -0.0249. The lowest BCUT2D eigenvalue weighted by Crippen LogP contribution is -2.23. The van der Waals surface area contributed by atoms with Crippen molar-refractivity contribution in [3.63, 3.8) is 0 Å². The molecule has 1 aliphatic carbocycles. The highest BCUT2D eigenvalue weighted by Crippen LogP contribution is 2.35. The number of carbonyl (C=O) groups is 1. The van der Waals surface area contributed by atoms with Crippen LogP contribution in [0.15, 0.2) is 23.2 Å². The van der Waals surface area contributed by atoms with Gasteiger partial charge in [0, 0.05) is 35.9 Å². The van der Waals surface area contributed by atoms with Crippen molar-refractivity contribution in [2.24, 2.45) is 10.9 Å². The average Bonchev–Trinajstić information content (AvgIpc) is 3.24. The van der Waals surface area contributed by atoms with Gasteiger partial charge >= 0.3 is 6.18 Å². The number of anilines is 1. The average molecular weight is 466 g/mol. The van der Waals surface area contributed by atoms with Gasteiger partial charge in [-0.2, -0.15) is 18.2 Å². The molecule has 0 bridgehead atoms. The second-order valence-corrected chi connectivity index (χ2v) is 10.9. The number of nitrogens with zero attached hydrogens (tertiary/aromatic N) is 3. The summed E-state index contributed by atoms with van der Waals surface area (Å²) in [6.07, 6.45) is -0.262. The molecule has 1 aliphatic heterocycles. The summed E-state index contributed by atoms with van der Waals surface area (Å²) in [5, 5.41) is 0. The molecule has 1 amide bonds. The Bertz CT molecular complexity index is 1080. The fourth-order valence-electron chi connectivity index (χ4n) is 4.30.